The summed E-state index contributed by atoms with van der Waals surface area (Å²) in [6.45, 7) is 1.96. The van der Waals surface area contributed by atoms with Crippen LogP contribution in [0.4, 0.5) is 9.18 Å². The number of esters is 1. The Kier molecular flexibility index (Phi) is 6.44. The van der Waals surface area contributed by atoms with E-state index in [2.05, 4.69) is 5.32 Å². The number of benzene rings is 2. The van der Waals surface area contributed by atoms with Crippen LogP contribution in [0.25, 0.3) is 0 Å². The fourth-order valence-electron chi connectivity index (χ4n) is 3.67. The molecule has 0 aromatic heterocycles. The summed E-state index contributed by atoms with van der Waals surface area (Å²) in [5.74, 6) is 0.239. The van der Waals surface area contributed by atoms with Gasteiger partial charge in [0.2, 0.25) is 0 Å². The first-order chi connectivity index (χ1) is 14.4. The molecule has 8 heteroatoms. The van der Waals surface area contributed by atoms with Crippen LogP contribution in [0.15, 0.2) is 36.4 Å². The Hall–Kier alpha value is -3.29. The number of halogens is 1. The zero-order valence-electron chi connectivity index (χ0n) is 17.4. The van der Waals surface area contributed by atoms with E-state index < -0.39 is 24.1 Å². The number of amides is 2. The molecule has 0 spiro atoms. The van der Waals surface area contributed by atoms with Gasteiger partial charge in [-0.1, -0.05) is 12.1 Å². The highest BCUT2D eigenvalue weighted by Gasteiger charge is 2.34. The van der Waals surface area contributed by atoms with Crippen LogP contribution in [0.3, 0.4) is 0 Å². The summed E-state index contributed by atoms with van der Waals surface area (Å²) >= 11 is 0. The Balaban J connectivity index is 2.04. The lowest BCUT2D eigenvalue weighted by Crippen LogP contribution is -2.50. The van der Waals surface area contributed by atoms with Crippen LogP contribution in [0.1, 0.15) is 29.7 Å². The fraction of sp³-hybridized carbons (Fsp3) is 0.364. The molecule has 2 aromatic rings. The maximum absolute atomic E-state index is 13.5. The molecule has 1 aliphatic heterocycles. The molecule has 2 unspecified atom stereocenters. The quantitative estimate of drug-likeness (QED) is 0.758. The predicted molar refractivity (Wildman–Crippen MR) is 108 cm³/mol. The van der Waals surface area contributed by atoms with E-state index in [-0.39, 0.29) is 5.82 Å². The van der Waals surface area contributed by atoms with Crippen LogP contribution in [-0.4, -0.2) is 50.8 Å². The second-order valence-corrected chi connectivity index (χ2v) is 7.00. The summed E-state index contributed by atoms with van der Waals surface area (Å²) in [6, 6.07) is 8.05. The summed E-state index contributed by atoms with van der Waals surface area (Å²) in [4.78, 5) is 26.4. The zero-order valence-corrected chi connectivity index (χ0v) is 17.4. The summed E-state index contributed by atoms with van der Waals surface area (Å²) in [6.07, 6.45) is 0.591. The molecule has 7 nitrogen and oxygen atoms in total. The van der Waals surface area contributed by atoms with E-state index in [1.807, 2.05) is 12.1 Å². The van der Waals surface area contributed by atoms with Crippen LogP contribution in [0.5, 0.6) is 11.5 Å². The van der Waals surface area contributed by atoms with Crippen molar-refractivity contribution in [3.63, 3.8) is 0 Å². The lowest BCUT2D eigenvalue weighted by atomic mass is 9.88. The van der Waals surface area contributed by atoms with Gasteiger partial charge in [-0.15, -0.1) is 0 Å². The minimum atomic E-state index is -0.803. The Morgan fingerprint density at radius 1 is 1.10 bits per heavy atom. The van der Waals surface area contributed by atoms with E-state index in [1.54, 1.807) is 38.2 Å². The third kappa shape index (κ3) is 4.17. The predicted octanol–water partition coefficient (Wildman–Crippen LogP) is 3.06. The number of hydrogen-bond acceptors (Lipinski definition) is 5. The highest BCUT2D eigenvalue weighted by atomic mass is 19.1. The van der Waals surface area contributed by atoms with E-state index in [0.29, 0.717) is 24.5 Å². The first-order valence-electron chi connectivity index (χ1n) is 9.54. The number of carbonyl (C=O) groups excluding carboxylic acids is 2. The second-order valence-electron chi connectivity index (χ2n) is 7.00. The van der Waals surface area contributed by atoms with E-state index >= 15 is 0 Å². The molecule has 0 bridgehead atoms. The van der Waals surface area contributed by atoms with E-state index in [0.717, 1.165) is 16.7 Å². The van der Waals surface area contributed by atoms with Crippen LogP contribution < -0.4 is 14.8 Å². The van der Waals surface area contributed by atoms with E-state index in [4.69, 9.17) is 14.2 Å². The Morgan fingerprint density at radius 2 is 1.73 bits per heavy atom. The van der Waals surface area contributed by atoms with Crippen LogP contribution in [0.2, 0.25) is 0 Å². The molecule has 0 fully saturated rings. The molecular weight excluding hydrogens is 391 g/mol. The van der Waals surface area contributed by atoms with Crippen molar-refractivity contribution in [3.8, 4) is 11.5 Å². The van der Waals surface area contributed by atoms with Crippen molar-refractivity contribution < 1.29 is 28.2 Å². The first kappa shape index (κ1) is 21.4. The number of hydrogen-bond donors (Lipinski definition) is 1. The molecule has 1 heterocycles. The molecular formula is C22H25FN2O5. The van der Waals surface area contributed by atoms with Crippen molar-refractivity contribution in [3.05, 3.63) is 58.9 Å². The molecule has 0 radical (unpaired) electrons. The van der Waals surface area contributed by atoms with Gasteiger partial charge in [0.05, 0.1) is 27.4 Å². The highest BCUT2D eigenvalue weighted by Crippen LogP contribution is 2.41. The number of nitrogens with zero attached hydrogens (tertiary/aromatic N) is 1. The maximum atomic E-state index is 13.5. The van der Waals surface area contributed by atoms with Crippen molar-refractivity contribution in [1.29, 1.82) is 0 Å². The Bertz CT molecular complexity index is 932. The smallest absolute Gasteiger partial charge is 0.328 e. The molecule has 1 N–H and O–H groups in total. The first-order valence-corrected chi connectivity index (χ1v) is 9.54. The lowest BCUT2D eigenvalue weighted by Gasteiger charge is -2.38. The van der Waals surface area contributed by atoms with Gasteiger partial charge in [-0.2, -0.15) is 0 Å². The molecule has 3 rings (SSSR count). The zero-order chi connectivity index (χ0) is 21.8. The second kappa shape index (κ2) is 9.02. The van der Waals surface area contributed by atoms with E-state index in [9.17, 15) is 14.0 Å². The van der Waals surface area contributed by atoms with Gasteiger partial charge in [0, 0.05) is 6.54 Å². The van der Waals surface area contributed by atoms with Gasteiger partial charge < -0.3 is 24.4 Å². The average Bonchev–Trinajstić information content (AvgIpc) is 2.77. The van der Waals surface area contributed by atoms with E-state index in [1.165, 1.54) is 19.2 Å². The number of nitrogens with one attached hydrogen (secondary N) is 1. The average molecular weight is 416 g/mol. The Morgan fingerprint density at radius 3 is 2.33 bits per heavy atom. The van der Waals surface area contributed by atoms with Gasteiger partial charge >= 0.3 is 12.0 Å². The standard InChI is InChI=1S/C22H25FN2O5/c1-13(21(26)30-4)24-22(27)25-10-9-15-11-18(28-2)19(29-3)12-17(15)20(25)14-5-7-16(23)8-6-14/h5-8,11-13,20H,9-10H2,1-4H3,(H,24,27). The number of urea groups is 1. The maximum Gasteiger partial charge on any atom is 0.328 e. The van der Waals surface area contributed by atoms with Gasteiger partial charge in [-0.25, -0.2) is 14.0 Å². The summed E-state index contributed by atoms with van der Waals surface area (Å²) < 4.78 is 29.1. The number of carbonyl (C=O) groups is 2. The third-order valence-electron chi connectivity index (χ3n) is 5.22. The van der Waals surface area contributed by atoms with Crippen molar-refractivity contribution in [2.24, 2.45) is 0 Å². The van der Waals surface area contributed by atoms with Gasteiger partial charge in [0.1, 0.15) is 11.9 Å². The van der Waals surface area contributed by atoms with Gasteiger partial charge in [-0.3, -0.25) is 0 Å². The molecule has 2 amide bonds. The number of methoxy groups -OCH3 is 3. The van der Waals surface area contributed by atoms with Gasteiger partial charge in [0.15, 0.2) is 11.5 Å². The molecule has 1 aliphatic rings. The number of ether oxygens (including phenoxy) is 3. The third-order valence-corrected chi connectivity index (χ3v) is 5.22. The summed E-state index contributed by atoms with van der Waals surface area (Å²) in [5, 5.41) is 2.68. The Labute approximate surface area is 174 Å². The van der Waals surface area contributed by atoms with Crippen LogP contribution in [0, 0.1) is 5.82 Å². The highest BCUT2D eigenvalue weighted by molar-refractivity contribution is 5.84. The molecule has 0 saturated carbocycles. The van der Waals surface area contributed by atoms with Crippen molar-refractivity contribution >= 4 is 12.0 Å². The minimum Gasteiger partial charge on any atom is -0.493 e. The fourth-order valence-corrected chi connectivity index (χ4v) is 3.67. The summed E-state index contributed by atoms with van der Waals surface area (Å²) in [5.41, 5.74) is 2.60. The molecule has 0 saturated heterocycles. The molecule has 160 valence electrons. The largest absolute Gasteiger partial charge is 0.493 e. The van der Waals surface area contributed by atoms with Crippen molar-refractivity contribution in [1.82, 2.24) is 10.2 Å². The van der Waals surface area contributed by atoms with Gasteiger partial charge in [-0.05, 0) is 54.3 Å². The normalized spacial score (nSPS) is 16.3. The molecule has 30 heavy (non-hydrogen) atoms. The van der Waals surface area contributed by atoms with Crippen LogP contribution in [-0.2, 0) is 16.0 Å². The minimum absolute atomic E-state index is 0.364. The summed E-state index contributed by atoms with van der Waals surface area (Å²) in [7, 11) is 4.38. The molecule has 2 aromatic carbocycles. The number of fused-ring (bicyclic) bond motifs is 1. The SMILES string of the molecule is COC(=O)C(C)NC(=O)N1CCc2cc(OC)c(OC)cc2C1c1ccc(F)cc1. The van der Waals surface area contributed by atoms with Crippen molar-refractivity contribution in [2.75, 3.05) is 27.9 Å². The number of rotatable bonds is 5. The topological polar surface area (TPSA) is 77.1 Å². The van der Waals surface area contributed by atoms with Crippen LogP contribution >= 0.6 is 0 Å². The van der Waals surface area contributed by atoms with Crippen molar-refractivity contribution in [2.45, 2.75) is 25.4 Å². The monoisotopic (exact) mass is 416 g/mol. The molecule has 0 aliphatic carbocycles. The molecule has 2 atom stereocenters. The lowest BCUT2D eigenvalue weighted by molar-refractivity contribution is -0.142. The van der Waals surface area contributed by atoms with Gasteiger partial charge in [0.25, 0.3) is 0 Å².